The molecule has 5 heteroatoms. The van der Waals surface area contributed by atoms with Crippen LogP contribution in [0.1, 0.15) is 22.8 Å². The van der Waals surface area contributed by atoms with Gasteiger partial charge in [-0.3, -0.25) is 4.79 Å². The van der Waals surface area contributed by atoms with E-state index in [0.717, 1.165) is 21.4 Å². The van der Waals surface area contributed by atoms with E-state index in [1.54, 1.807) is 12.1 Å². The van der Waals surface area contributed by atoms with Gasteiger partial charge in [-0.25, -0.2) is 0 Å². The Labute approximate surface area is 132 Å². The maximum absolute atomic E-state index is 11.8. The molecule has 2 aromatic carbocycles. The van der Waals surface area contributed by atoms with Crippen molar-refractivity contribution in [3.05, 3.63) is 52.0 Å². The molecule has 0 unspecified atom stereocenters. The largest absolute Gasteiger partial charge is 0.397 e. The predicted molar refractivity (Wildman–Crippen MR) is 91.0 cm³/mol. The van der Waals surface area contributed by atoms with Gasteiger partial charge < -0.3 is 16.4 Å². The van der Waals surface area contributed by atoms with Crippen molar-refractivity contribution in [3.8, 4) is 0 Å². The highest BCUT2D eigenvalue weighted by Gasteiger charge is 2.08. The Morgan fingerprint density at radius 3 is 2.62 bits per heavy atom. The second-order valence-electron chi connectivity index (χ2n) is 4.75. The van der Waals surface area contributed by atoms with Crippen molar-refractivity contribution < 1.29 is 4.79 Å². The van der Waals surface area contributed by atoms with E-state index in [-0.39, 0.29) is 5.91 Å². The lowest BCUT2D eigenvalue weighted by Gasteiger charge is -2.13. The van der Waals surface area contributed by atoms with E-state index in [9.17, 15) is 4.79 Å². The number of nitrogens with two attached hydrogens (primary N) is 1. The lowest BCUT2D eigenvalue weighted by atomic mass is 10.1. The van der Waals surface area contributed by atoms with Gasteiger partial charge in [-0.15, -0.1) is 0 Å². The number of hydrogen-bond donors (Lipinski definition) is 3. The van der Waals surface area contributed by atoms with Gasteiger partial charge in [0.1, 0.15) is 0 Å². The molecule has 4 N–H and O–H groups in total. The van der Waals surface area contributed by atoms with Crippen LogP contribution in [0.25, 0.3) is 0 Å². The van der Waals surface area contributed by atoms with Crippen LogP contribution in [0.4, 0.5) is 17.1 Å². The van der Waals surface area contributed by atoms with E-state index < -0.39 is 0 Å². The van der Waals surface area contributed by atoms with Gasteiger partial charge in [0.2, 0.25) is 0 Å². The third-order valence-corrected chi connectivity index (χ3v) is 3.61. The fourth-order valence-electron chi connectivity index (χ4n) is 1.95. The minimum atomic E-state index is -0.116. The fourth-order valence-corrected chi connectivity index (χ4v) is 2.32. The normalized spacial score (nSPS) is 10.2. The van der Waals surface area contributed by atoms with Gasteiger partial charge in [-0.05, 0) is 49.7 Å². The number of hydrogen-bond acceptors (Lipinski definition) is 3. The zero-order chi connectivity index (χ0) is 15.4. The topological polar surface area (TPSA) is 67.2 Å². The second kappa shape index (κ2) is 6.63. The molecule has 0 aliphatic heterocycles. The maximum atomic E-state index is 11.8. The smallest absolute Gasteiger partial charge is 0.251 e. The molecule has 110 valence electrons. The minimum Gasteiger partial charge on any atom is -0.397 e. The van der Waals surface area contributed by atoms with Gasteiger partial charge in [0.15, 0.2) is 0 Å². The molecular formula is C16H18BrN3O. The molecule has 0 saturated heterocycles. The molecule has 0 atom stereocenters. The third kappa shape index (κ3) is 3.76. The zero-order valence-electron chi connectivity index (χ0n) is 12.0. The highest BCUT2D eigenvalue weighted by atomic mass is 79.9. The van der Waals surface area contributed by atoms with Crippen LogP contribution >= 0.6 is 15.9 Å². The molecule has 2 rings (SSSR count). The number of carbonyl (C=O) groups excluding carboxylic acids is 1. The Kier molecular flexibility index (Phi) is 4.85. The maximum Gasteiger partial charge on any atom is 0.251 e. The van der Waals surface area contributed by atoms with Crippen LogP contribution in [-0.4, -0.2) is 12.5 Å². The first-order valence-electron chi connectivity index (χ1n) is 6.72. The number of nitrogen functional groups attached to an aromatic ring is 1. The van der Waals surface area contributed by atoms with Crippen LogP contribution in [0.15, 0.2) is 40.9 Å². The highest BCUT2D eigenvalue weighted by molar-refractivity contribution is 9.10. The Hall–Kier alpha value is -2.01. The summed E-state index contributed by atoms with van der Waals surface area (Å²) in [4.78, 5) is 11.8. The Bertz CT molecular complexity index is 671. The number of halogens is 1. The van der Waals surface area contributed by atoms with Crippen molar-refractivity contribution in [2.75, 3.05) is 17.6 Å². The quantitative estimate of drug-likeness (QED) is 0.736. The van der Waals surface area contributed by atoms with Crippen LogP contribution in [0.3, 0.4) is 0 Å². The Morgan fingerprint density at radius 1 is 1.19 bits per heavy atom. The molecular weight excluding hydrogens is 330 g/mol. The average Bonchev–Trinajstić information content (AvgIpc) is 2.45. The number of amides is 1. The van der Waals surface area contributed by atoms with Gasteiger partial charge in [-0.1, -0.05) is 22.0 Å². The third-order valence-electron chi connectivity index (χ3n) is 3.12. The summed E-state index contributed by atoms with van der Waals surface area (Å²) in [5.74, 6) is -0.116. The number of anilines is 3. The summed E-state index contributed by atoms with van der Waals surface area (Å²) in [6.07, 6.45) is 0. The molecule has 0 bridgehead atoms. The second-order valence-corrected chi connectivity index (χ2v) is 5.66. The molecule has 21 heavy (non-hydrogen) atoms. The number of nitrogens with one attached hydrogen (secondary N) is 2. The van der Waals surface area contributed by atoms with Crippen molar-refractivity contribution >= 4 is 38.9 Å². The summed E-state index contributed by atoms with van der Waals surface area (Å²) in [7, 11) is 0. The summed E-state index contributed by atoms with van der Waals surface area (Å²) < 4.78 is 0.994. The van der Waals surface area contributed by atoms with E-state index in [2.05, 4.69) is 26.6 Å². The predicted octanol–water partition coefficient (Wildman–Crippen LogP) is 3.83. The van der Waals surface area contributed by atoms with Gasteiger partial charge in [0, 0.05) is 22.3 Å². The van der Waals surface area contributed by atoms with Crippen molar-refractivity contribution in [1.82, 2.24) is 5.32 Å². The fraction of sp³-hybridized carbons (Fsp3) is 0.188. The van der Waals surface area contributed by atoms with Crippen molar-refractivity contribution in [2.24, 2.45) is 0 Å². The van der Waals surface area contributed by atoms with Gasteiger partial charge >= 0.3 is 0 Å². The molecule has 0 heterocycles. The van der Waals surface area contributed by atoms with Crippen molar-refractivity contribution in [2.45, 2.75) is 13.8 Å². The minimum absolute atomic E-state index is 0.116. The Morgan fingerprint density at radius 2 is 1.95 bits per heavy atom. The Balaban J connectivity index is 2.25. The number of rotatable bonds is 4. The van der Waals surface area contributed by atoms with Crippen molar-refractivity contribution in [3.63, 3.8) is 0 Å². The zero-order valence-corrected chi connectivity index (χ0v) is 13.6. The first kappa shape index (κ1) is 15.4. The van der Waals surface area contributed by atoms with E-state index in [1.165, 1.54) is 0 Å². The van der Waals surface area contributed by atoms with Crippen LogP contribution in [0.2, 0.25) is 0 Å². The standard InChI is InChI=1S/C16H18BrN3O/c1-3-19-16(21)11-5-7-14(13(18)8-11)20-15-9-12(17)6-4-10(15)2/h4-9,20H,3,18H2,1-2H3,(H,19,21). The molecule has 0 aliphatic carbocycles. The van der Waals surface area contributed by atoms with Gasteiger partial charge in [0.25, 0.3) is 5.91 Å². The monoisotopic (exact) mass is 347 g/mol. The molecule has 0 aliphatic rings. The first-order valence-corrected chi connectivity index (χ1v) is 7.51. The van der Waals surface area contributed by atoms with Crippen molar-refractivity contribution in [1.29, 1.82) is 0 Å². The van der Waals surface area contributed by atoms with E-state index in [4.69, 9.17) is 5.73 Å². The molecule has 2 aromatic rings. The summed E-state index contributed by atoms with van der Waals surface area (Å²) in [6, 6.07) is 11.3. The SMILES string of the molecule is CCNC(=O)c1ccc(Nc2cc(Br)ccc2C)c(N)c1. The molecule has 1 amide bonds. The van der Waals surface area contributed by atoms with Gasteiger partial charge in [0.05, 0.1) is 11.4 Å². The van der Waals surface area contributed by atoms with E-state index in [1.807, 2.05) is 38.1 Å². The molecule has 0 saturated carbocycles. The highest BCUT2D eigenvalue weighted by Crippen LogP contribution is 2.28. The van der Waals surface area contributed by atoms with Crippen LogP contribution in [-0.2, 0) is 0 Å². The van der Waals surface area contributed by atoms with Crippen LogP contribution in [0, 0.1) is 6.92 Å². The number of carbonyl (C=O) groups is 1. The number of benzene rings is 2. The number of aryl methyl sites for hydroxylation is 1. The molecule has 4 nitrogen and oxygen atoms in total. The van der Waals surface area contributed by atoms with E-state index in [0.29, 0.717) is 17.8 Å². The average molecular weight is 348 g/mol. The lowest BCUT2D eigenvalue weighted by Crippen LogP contribution is -2.22. The lowest BCUT2D eigenvalue weighted by molar-refractivity contribution is 0.0956. The van der Waals surface area contributed by atoms with Crippen LogP contribution < -0.4 is 16.4 Å². The molecule has 0 radical (unpaired) electrons. The summed E-state index contributed by atoms with van der Waals surface area (Å²) >= 11 is 3.45. The summed E-state index contributed by atoms with van der Waals surface area (Å²) in [6.45, 7) is 4.50. The summed E-state index contributed by atoms with van der Waals surface area (Å²) in [5.41, 5.74) is 10.0. The summed E-state index contributed by atoms with van der Waals surface area (Å²) in [5, 5.41) is 6.05. The molecule has 0 spiro atoms. The molecule has 0 aromatic heterocycles. The first-order chi connectivity index (χ1) is 10.0. The van der Waals surface area contributed by atoms with Gasteiger partial charge in [-0.2, -0.15) is 0 Å². The molecule has 0 fully saturated rings. The van der Waals surface area contributed by atoms with Crippen LogP contribution in [0.5, 0.6) is 0 Å². The van der Waals surface area contributed by atoms with E-state index >= 15 is 0 Å².